The largest absolute Gasteiger partial charge is 0.397 e. The van der Waals surface area contributed by atoms with Crippen LogP contribution in [0.5, 0.6) is 0 Å². The Kier molecular flexibility index (Phi) is 8.49. The molecule has 0 aliphatic heterocycles. The van der Waals surface area contributed by atoms with Crippen LogP contribution in [0.3, 0.4) is 0 Å². The van der Waals surface area contributed by atoms with E-state index in [1.807, 2.05) is 0 Å². The summed E-state index contributed by atoms with van der Waals surface area (Å²) in [6.07, 6.45) is 16.1. The summed E-state index contributed by atoms with van der Waals surface area (Å²) in [4.78, 5) is 0. The van der Waals surface area contributed by atoms with Gasteiger partial charge in [-0.05, 0) is 79.6 Å². The zero-order valence-electron chi connectivity index (χ0n) is 20.6. The van der Waals surface area contributed by atoms with Gasteiger partial charge in [0.2, 0.25) is 0 Å². The molecule has 0 heterocycles. The van der Waals surface area contributed by atoms with E-state index in [1.165, 1.54) is 44.9 Å². The fourth-order valence-corrected chi connectivity index (χ4v) is 7.41. The van der Waals surface area contributed by atoms with Crippen molar-refractivity contribution in [2.24, 2.45) is 29.1 Å². The molecule has 32 heavy (non-hydrogen) atoms. The van der Waals surface area contributed by atoms with Crippen LogP contribution in [0.25, 0.3) is 0 Å². The highest BCUT2D eigenvalue weighted by atomic mass is 32.3. The van der Waals surface area contributed by atoms with E-state index in [-0.39, 0.29) is 0 Å². The summed E-state index contributed by atoms with van der Waals surface area (Å²) in [6.45, 7) is 13.9. The van der Waals surface area contributed by atoms with E-state index in [0.717, 1.165) is 35.3 Å². The molecule has 5 atom stereocenters. The summed E-state index contributed by atoms with van der Waals surface area (Å²) in [7, 11) is -4.42. The van der Waals surface area contributed by atoms with Crippen LogP contribution < -0.4 is 0 Å². The molecule has 3 aliphatic carbocycles. The van der Waals surface area contributed by atoms with Gasteiger partial charge >= 0.3 is 10.4 Å². The smallest absolute Gasteiger partial charge is 0.264 e. The van der Waals surface area contributed by atoms with Crippen LogP contribution in [0.4, 0.5) is 0 Å². The SMILES string of the molecule is C=C1CC[C@H](OS(=O)(=O)O)CC1=CC=C1CCC[C@]2(C)[C@@H]([C@H](C)CCCC(C)C)CC[C@@H]12. The van der Waals surface area contributed by atoms with Crippen LogP contribution >= 0.6 is 0 Å². The molecule has 0 saturated heterocycles. The van der Waals surface area contributed by atoms with Crippen molar-refractivity contribution in [3.63, 3.8) is 0 Å². The highest BCUT2D eigenvalue weighted by Gasteiger charge is 2.50. The third kappa shape index (κ3) is 6.36. The molecule has 0 amide bonds. The third-order valence-corrected chi connectivity index (χ3v) is 9.11. The van der Waals surface area contributed by atoms with Gasteiger partial charge in [-0.1, -0.05) is 76.8 Å². The van der Waals surface area contributed by atoms with Crippen LogP contribution in [-0.2, 0) is 14.6 Å². The lowest BCUT2D eigenvalue weighted by atomic mass is 9.60. The number of hydrogen-bond acceptors (Lipinski definition) is 3. The summed E-state index contributed by atoms with van der Waals surface area (Å²) in [5.74, 6) is 3.06. The molecule has 3 saturated carbocycles. The van der Waals surface area contributed by atoms with Gasteiger partial charge in [0.15, 0.2) is 0 Å². The topological polar surface area (TPSA) is 63.6 Å². The molecule has 0 spiro atoms. The summed E-state index contributed by atoms with van der Waals surface area (Å²) in [6, 6.07) is 0. The van der Waals surface area contributed by atoms with Gasteiger partial charge in [0.1, 0.15) is 0 Å². The number of hydrogen-bond donors (Lipinski definition) is 1. The lowest BCUT2D eigenvalue weighted by Crippen LogP contribution is -2.36. The Morgan fingerprint density at radius 2 is 1.91 bits per heavy atom. The number of allylic oxidation sites excluding steroid dienone is 4. The van der Waals surface area contributed by atoms with Crippen molar-refractivity contribution in [3.8, 4) is 0 Å². The molecule has 182 valence electrons. The molecule has 3 aliphatic rings. The lowest BCUT2D eigenvalue weighted by Gasteiger charge is -2.44. The maximum Gasteiger partial charge on any atom is 0.397 e. The number of rotatable bonds is 8. The van der Waals surface area contributed by atoms with E-state index in [1.54, 1.807) is 5.57 Å². The Hall–Kier alpha value is -0.910. The van der Waals surface area contributed by atoms with Gasteiger partial charge in [-0.15, -0.1) is 0 Å². The molecule has 1 N–H and O–H groups in total. The zero-order chi connectivity index (χ0) is 23.5. The van der Waals surface area contributed by atoms with Crippen molar-refractivity contribution in [2.75, 3.05) is 0 Å². The van der Waals surface area contributed by atoms with E-state index in [2.05, 4.69) is 46.4 Å². The fourth-order valence-electron chi connectivity index (χ4n) is 6.90. The van der Waals surface area contributed by atoms with E-state index in [4.69, 9.17) is 8.74 Å². The van der Waals surface area contributed by atoms with E-state index in [9.17, 15) is 8.42 Å². The minimum absolute atomic E-state index is 0.403. The lowest BCUT2D eigenvalue weighted by molar-refractivity contribution is 0.0929. The predicted octanol–water partition coefficient (Wildman–Crippen LogP) is 7.45. The van der Waals surface area contributed by atoms with Gasteiger partial charge in [-0.3, -0.25) is 4.55 Å². The minimum Gasteiger partial charge on any atom is -0.264 e. The molecule has 0 unspecified atom stereocenters. The number of fused-ring (bicyclic) bond motifs is 1. The van der Waals surface area contributed by atoms with Crippen molar-refractivity contribution in [3.05, 3.63) is 35.5 Å². The zero-order valence-corrected chi connectivity index (χ0v) is 21.4. The third-order valence-electron chi connectivity index (χ3n) is 8.59. The second-order valence-electron chi connectivity index (χ2n) is 11.3. The van der Waals surface area contributed by atoms with Crippen LogP contribution in [-0.4, -0.2) is 19.1 Å². The quantitative estimate of drug-likeness (QED) is 0.379. The average Bonchev–Trinajstić information content (AvgIpc) is 3.04. The summed E-state index contributed by atoms with van der Waals surface area (Å²) < 4.78 is 36.1. The monoisotopic (exact) mass is 464 g/mol. The van der Waals surface area contributed by atoms with Crippen molar-refractivity contribution in [1.82, 2.24) is 0 Å². The first-order valence-corrected chi connectivity index (χ1v) is 14.1. The molecule has 0 radical (unpaired) electrons. The molecule has 0 aromatic carbocycles. The summed E-state index contributed by atoms with van der Waals surface area (Å²) >= 11 is 0. The van der Waals surface area contributed by atoms with Gasteiger partial charge in [0, 0.05) is 6.42 Å². The molecule has 4 nitrogen and oxygen atoms in total. The Labute approximate surface area is 196 Å². The molecule has 0 aromatic rings. The Bertz CT molecular complexity index is 838. The molecular formula is C27H44O4S. The van der Waals surface area contributed by atoms with Crippen LogP contribution in [0.1, 0.15) is 98.3 Å². The van der Waals surface area contributed by atoms with Crippen LogP contribution in [0, 0.1) is 29.1 Å². The van der Waals surface area contributed by atoms with Crippen molar-refractivity contribution >= 4 is 10.4 Å². The van der Waals surface area contributed by atoms with E-state index in [0.29, 0.717) is 30.6 Å². The summed E-state index contributed by atoms with van der Waals surface area (Å²) in [5, 5.41) is 0. The standard InChI is InChI=1S/C27H44O4S/c1-19(2)8-6-9-21(4)25-15-16-26-22(10-7-17-27(25,26)5)12-13-23-18-24(14-11-20(23)3)31-32(28,29)30/h12-13,19,21,24-26H,3,6-11,14-18H2,1-2,4-5H3,(H,28,29,30)/t21-,24+,25-,26+,27-/m1/s1. The minimum atomic E-state index is -4.42. The van der Waals surface area contributed by atoms with Gasteiger partial charge < -0.3 is 0 Å². The predicted molar refractivity (Wildman–Crippen MR) is 132 cm³/mol. The van der Waals surface area contributed by atoms with Crippen molar-refractivity contribution < 1.29 is 17.2 Å². The van der Waals surface area contributed by atoms with Crippen LogP contribution in [0.2, 0.25) is 0 Å². The van der Waals surface area contributed by atoms with Gasteiger partial charge in [-0.25, -0.2) is 4.18 Å². The van der Waals surface area contributed by atoms with Gasteiger partial charge in [0.25, 0.3) is 0 Å². The fraction of sp³-hybridized carbons (Fsp3) is 0.778. The van der Waals surface area contributed by atoms with Gasteiger partial charge in [-0.2, -0.15) is 8.42 Å². The maximum atomic E-state index is 11.1. The first kappa shape index (κ1) is 25.7. The second-order valence-corrected chi connectivity index (χ2v) is 12.4. The first-order chi connectivity index (χ1) is 15.0. The maximum absolute atomic E-state index is 11.1. The molecular weight excluding hydrogens is 420 g/mol. The molecule has 0 bridgehead atoms. The van der Waals surface area contributed by atoms with E-state index < -0.39 is 16.5 Å². The highest BCUT2D eigenvalue weighted by Crippen LogP contribution is 2.60. The van der Waals surface area contributed by atoms with Crippen molar-refractivity contribution in [1.29, 1.82) is 0 Å². The van der Waals surface area contributed by atoms with Crippen molar-refractivity contribution in [2.45, 2.75) is 104 Å². The van der Waals surface area contributed by atoms with E-state index >= 15 is 0 Å². The molecule has 0 aromatic heterocycles. The second kappa shape index (κ2) is 10.6. The molecule has 3 fully saturated rings. The molecule has 3 rings (SSSR count). The Balaban J connectivity index is 1.70. The normalized spacial score (nSPS) is 34.9. The van der Waals surface area contributed by atoms with Crippen LogP contribution in [0.15, 0.2) is 35.5 Å². The Morgan fingerprint density at radius 3 is 2.59 bits per heavy atom. The summed E-state index contributed by atoms with van der Waals surface area (Å²) in [5.41, 5.74) is 4.08. The Morgan fingerprint density at radius 1 is 1.16 bits per heavy atom. The van der Waals surface area contributed by atoms with Gasteiger partial charge in [0.05, 0.1) is 6.10 Å². The first-order valence-electron chi connectivity index (χ1n) is 12.7. The average molecular weight is 465 g/mol. The highest BCUT2D eigenvalue weighted by molar-refractivity contribution is 7.80. The molecule has 5 heteroatoms.